The number of aromatic carboxylic acids is 1. The third kappa shape index (κ3) is 6.14. The topological polar surface area (TPSA) is 122 Å². The van der Waals surface area contributed by atoms with Crippen LogP contribution < -0.4 is 14.8 Å². The molecule has 1 saturated carbocycles. The second-order valence-electron chi connectivity index (χ2n) is 7.48. The summed E-state index contributed by atoms with van der Waals surface area (Å²) in [7, 11) is 0. The molecule has 0 spiro atoms. The molecule has 0 aliphatic heterocycles. The number of nitrogens with one attached hydrogen (secondary N) is 1. The molecule has 1 fully saturated rings. The summed E-state index contributed by atoms with van der Waals surface area (Å²) in [5, 5.41) is 21.4. The predicted molar refractivity (Wildman–Crippen MR) is 116 cm³/mol. The van der Waals surface area contributed by atoms with Crippen LogP contribution in [0.1, 0.15) is 60.9 Å². The van der Waals surface area contributed by atoms with Crippen LogP contribution in [0.2, 0.25) is 0 Å². The number of carbonyl (C=O) groups excluding carboxylic acids is 1. The quantitative estimate of drug-likeness (QED) is 0.442. The van der Waals surface area contributed by atoms with Crippen molar-refractivity contribution < 1.29 is 28.6 Å². The molecule has 0 unspecified atom stereocenters. The summed E-state index contributed by atoms with van der Waals surface area (Å²) in [5.74, 6) is -0.448. The fourth-order valence-electron chi connectivity index (χ4n) is 3.55. The van der Waals surface area contributed by atoms with Crippen LogP contribution in [0.15, 0.2) is 40.3 Å². The van der Waals surface area contributed by atoms with Gasteiger partial charge in [0, 0.05) is 6.04 Å². The zero-order chi connectivity index (χ0) is 22.9. The predicted octanol–water partition coefficient (Wildman–Crippen LogP) is 4.31. The number of nitrogens with zero attached hydrogens (tertiary/aromatic N) is 1. The minimum atomic E-state index is -1.15. The molecule has 2 aromatic rings. The molecule has 8 nitrogen and oxygen atoms in total. The molecule has 1 aliphatic carbocycles. The number of rotatable bonds is 9. The molecule has 0 radical (unpaired) electrons. The fraction of sp³-hybridized carbons (Fsp3) is 0.375. The highest BCUT2D eigenvalue weighted by molar-refractivity contribution is 6.01. The van der Waals surface area contributed by atoms with Crippen LogP contribution in [0.3, 0.4) is 0 Å². The van der Waals surface area contributed by atoms with Gasteiger partial charge in [0.15, 0.2) is 11.5 Å². The van der Waals surface area contributed by atoms with Crippen molar-refractivity contribution in [1.29, 1.82) is 5.26 Å². The standard InChI is InChI=1S/C24H26N2O6/c1-2-30-22-13-16(12-17(14-25)23(27)26-18-6-4-3-5-7-18)8-10-20(22)31-15-19-9-11-21(32-19)24(28)29/h8-13,18H,2-7,15H2,1H3,(H,26,27)(H,28,29). The minimum Gasteiger partial charge on any atom is -0.490 e. The second kappa shape index (κ2) is 11.0. The number of benzene rings is 1. The van der Waals surface area contributed by atoms with Crippen LogP contribution in [0.4, 0.5) is 0 Å². The number of nitriles is 1. The first-order valence-electron chi connectivity index (χ1n) is 10.6. The van der Waals surface area contributed by atoms with Crippen molar-refractivity contribution in [2.75, 3.05) is 6.61 Å². The van der Waals surface area contributed by atoms with E-state index >= 15 is 0 Å². The Balaban J connectivity index is 1.72. The SMILES string of the molecule is CCOc1cc(C=C(C#N)C(=O)NC2CCCCC2)ccc1OCc1ccc(C(=O)O)o1. The molecule has 1 heterocycles. The van der Waals surface area contributed by atoms with Gasteiger partial charge in [0.1, 0.15) is 24.0 Å². The van der Waals surface area contributed by atoms with Crippen LogP contribution in [0.5, 0.6) is 11.5 Å². The number of carboxylic acid groups (broad SMARTS) is 1. The molecular weight excluding hydrogens is 412 g/mol. The molecule has 2 N–H and O–H groups in total. The van der Waals surface area contributed by atoms with Gasteiger partial charge < -0.3 is 24.3 Å². The van der Waals surface area contributed by atoms with Crippen molar-refractivity contribution in [2.45, 2.75) is 51.7 Å². The van der Waals surface area contributed by atoms with Gasteiger partial charge in [-0.1, -0.05) is 25.3 Å². The van der Waals surface area contributed by atoms with Crippen molar-refractivity contribution in [3.8, 4) is 17.6 Å². The second-order valence-corrected chi connectivity index (χ2v) is 7.48. The zero-order valence-corrected chi connectivity index (χ0v) is 17.9. The Hall–Kier alpha value is -3.73. The number of furan rings is 1. The van der Waals surface area contributed by atoms with E-state index in [-0.39, 0.29) is 29.9 Å². The highest BCUT2D eigenvalue weighted by atomic mass is 16.5. The van der Waals surface area contributed by atoms with Gasteiger partial charge in [0.2, 0.25) is 5.76 Å². The Morgan fingerprint density at radius 3 is 2.62 bits per heavy atom. The van der Waals surface area contributed by atoms with Gasteiger partial charge in [-0.3, -0.25) is 4.79 Å². The maximum Gasteiger partial charge on any atom is 0.371 e. The number of amides is 1. The van der Waals surface area contributed by atoms with E-state index in [0.29, 0.717) is 29.4 Å². The normalized spacial score (nSPS) is 14.4. The molecule has 3 rings (SSSR count). The third-order valence-electron chi connectivity index (χ3n) is 5.13. The average Bonchev–Trinajstić information content (AvgIpc) is 3.27. The lowest BCUT2D eigenvalue weighted by molar-refractivity contribution is -0.117. The van der Waals surface area contributed by atoms with Gasteiger partial charge in [-0.15, -0.1) is 0 Å². The fourth-order valence-corrected chi connectivity index (χ4v) is 3.55. The maximum atomic E-state index is 12.5. The number of carboxylic acids is 1. The summed E-state index contributed by atoms with van der Waals surface area (Å²) >= 11 is 0. The Morgan fingerprint density at radius 2 is 1.97 bits per heavy atom. The highest BCUT2D eigenvalue weighted by Gasteiger charge is 2.18. The van der Waals surface area contributed by atoms with Gasteiger partial charge in [-0.2, -0.15) is 5.26 Å². The molecule has 1 amide bonds. The van der Waals surface area contributed by atoms with E-state index < -0.39 is 5.97 Å². The number of hydrogen-bond acceptors (Lipinski definition) is 6. The molecule has 32 heavy (non-hydrogen) atoms. The first kappa shape index (κ1) is 22.9. The highest BCUT2D eigenvalue weighted by Crippen LogP contribution is 2.30. The van der Waals surface area contributed by atoms with Crippen LogP contribution in [-0.2, 0) is 11.4 Å². The summed E-state index contributed by atoms with van der Waals surface area (Å²) in [6.07, 6.45) is 6.76. The number of carbonyl (C=O) groups is 2. The van der Waals surface area contributed by atoms with Gasteiger partial charge in [0.25, 0.3) is 5.91 Å². The lowest BCUT2D eigenvalue weighted by Gasteiger charge is -2.22. The van der Waals surface area contributed by atoms with Crippen LogP contribution in [0, 0.1) is 11.3 Å². The molecule has 1 aromatic carbocycles. The Labute approximate surface area is 186 Å². The summed E-state index contributed by atoms with van der Waals surface area (Å²) < 4.78 is 16.6. The molecule has 1 aliphatic rings. The number of hydrogen-bond donors (Lipinski definition) is 2. The lowest BCUT2D eigenvalue weighted by atomic mass is 9.95. The van der Waals surface area contributed by atoms with E-state index in [1.165, 1.54) is 24.6 Å². The van der Waals surface area contributed by atoms with E-state index in [4.69, 9.17) is 19.0 Å². The summed E-state index contributed by atoms with van der Waals surface area (Å²) in [4.78, 5) is 23.4. The molecule has 8 heteroatoms. The van der Waals surface area contributed by atoms with Crippen molar-refractivity contribution in [1.82, 2.24) is 5.32 Å². The van der Waals surface area contributed by atoms with E-state index in [2.05, 4.69) is 5.32 Å². The Kier molecular flexibility index (Phi) is 7.92. The largest absolute Gasteiger partial charge is 0.490 e. The first-order chi connectivity index (χ1) is 15.5. The lowest BCUT2D eigenvalue weighted by Crippen LogP contribution is -2.36. The summed E-state index contributed by atoms with van der Waals surface area (Å²) in [5.41, 5.74) is 0.658. The Morgan fingerprint density at radius 1 is 1.19 bits per heavy atom. The van der Waals surface area contributed by atoms with Crippen LogP contribution in [-0.4, -0.2) is 29.6 Å². The summed E-state index contributed by atoms with van der Waals surface area (Å²) in [6, 6.07) is 10.1. The third-order valence-corrected chi connectivity index (χ3v) is 5.13. The van der Waals surface area contributed by atoms with E-state index in [1.54, 1.807) is 18.2 Å². The van der Waals surface area contributed by atoms with E-state index in [0.717, 1.165) is 25.7 Å². The first-order valence-corrected chi connectivity index (χ1v) is 10.6. The van der Waals surface area contributed by atoms with Crippen molar-refractivity contribution in [3.05, 3.63) is 53.0 Å². The minimum absolute atomic E-state index is 0.0236. The van der Waals surface area contributed by atoms with Crippen LogP contribution >= 0.6 is 0 Å². The van der Waals surface area contributed by atoms with Gasteiger partial charge in [-0.05, 0) is 55.7 Å². The molecule has 0 atom stereocenters. The smallest absolute Gasteiger partial charge is 0.371 e. The van der Waals surface area contributed by atoms with E-state index in [9.17, 15) is 14.9 Å². The molecule has 1 aromatic heterocycles. The monoisotopic (exact) mass is 438 g/mol. The van der Waals surface area contributed by atoms with Crippen molar-refractivity contribution >= 4 is 18.0 Å². The van der Waals surface area contributed by atoms with E-state index in [1.807, 2.05) is 13.0 Å². The molecule has 0 bridgehead atoms. The van der Waals surface area contributed by atoms with Gasteiger partial charge in [-0.25, -0.2) is 4.79 Å². The molecular formula is C24H26N2O6. The number of ether oxygens (including phenoxy) is 2. The van der Waals surface area contributed by atoms with Crippen molar-refractivity contribution in [2.24, 2.45) is 0 Å². The molecule has 168 valence electrons. The Bertz CT molecular complexity index is 1030. The van der Waals surface area contributed by atoms with Crippen molar-refractivity contribution in [3.63, 3.8) is 0 Å². The van der Waals surface area contributed by atoms with Gasteiger partial charge >= 0.3 is 5.97 Å². The van der Waals surface area contributed by atoms with Gasteiger partial charge in [0.05, 0.1) is 6.61 Å². The maximum absolute atomic E-state index is 12.5. The summed E-state index contributed by atoms with van der Waals surface area (Å²) in [6.45, 7) is 2.24. The molecule has 0 saturated heterocycles. The van der Waals surface area contributed by atoms with Crippen LogP contribution in [0.25, 0.3) is 6.08 Å². The average molecular weight is 438 g/mol. The zero-order valence-electron chi connectivity index (χ0n) is 17.9.